The van der Waals surface area contributed by atoms with E-state index in [1.165, 1.54) is 19.3 Å². The van der Waals surface area contributed by atoms with E-state index in [0.29, 0.717) is 6.04 Å². The number of rotatable bonds is 8. The van der Waals surface area contributed by atoms with Crippen molar-refractivity contribution < 1.29 is 0 Å². The fraction of sp³-hybridized carbons (Fsp3) is 1.00. The molecule has 0 saturated heterocycles. The van der Waals surface area contributed by atoms with Gasteiger partial charge < -0.3 is 22.5 Å². The van der Waals surface area contributed by atoms with Crippen molar-refractivity contribution >= 4 is 0 Å². The van der Waals surface area contributed by atoms with E-state index in [4.69, 9.17) is 5.73 Å². The monoisotopic (exact) mass is 248 g/mol. The van der Waals surface area contributed by atoms with Crippen molar-refractivity contribution in [2.24, 2.45) is 5.73 Å². The van der Waals surface area contributed by atoms with Crippen LogP contribution >= 0.6 is 0 Å². The Balaban J connectivity index is -0.000000218. The first-order valence-electron chi connectivity index (χ1n) is 6.80. The van der Waals surface area contributed by atoms with Gasteiger partial charge >= 0.3 is 0 Å². The van der Waals surface area contributed by atoms with Gasteiger partial charge in [0.15, 0.2) is 0 Å². The summed E-state index contributed by atoms with van der Waals surface area (Å²) in [6.07, 6.45) is 4.77. The van der Waals surface area contributed by atoms with E-state index >= 15 is 0 Å². The maximum Gasteiger partial charge on any atom is 0.00734 e. The summed E-state index contributed by atoms with van der Waals surface area (Å²) in [5.74, 6) is 0. The molecule has 0 spiro atoms. The smallest absolute Gasteiger partial charge is 0.00734 e. The standard InChI is InChI=1S/C7H17N.C6H16N2.H3N/c1-4-7(5-2)8-6-3;1-3-6(8-2)4-5-7;/h7-8H,4-6H2,1-3H3;6,8H,3-5,7H2,1-2H3;1H3. The molecule has 0 heterocycles. The predicted molar refractivity (Wildman–Crippen MR) is 79.9 cm³/mol. The molecule has 0 aliphatic heterocycles. The van der Waals surface area contributed by atoms with Crippen molar-refractivity contribution in [3.8, 4) is 0 Å². The SMILES string of the molecule is CCC(CCN)NC.CCNC(CC)CC.N. The van der Waals surface area contributed by atoms with Gasteiger partial charge in [-0.1, -0.05) is 27.7 Å². The Morgan fingerprint density at radius 2 is 1.41 bits per heavy atom. The largest absolute Gasteiger partial charge is 0.344 e. The molecule has 4 nitrogen and oxygen atoms in total. The predicted octanol–water partition coefficient (Wildman–Crippen LogP) is 2.28. The van der Waals surface area contributed by atoms with E-state index in [0.717, 1.165) is 25.6 Å². The Labute approximate surface area is 109 Å². The molecule has 1 unspecified atom stereocenters. The molecule has 0 aliphatic rings. The van der Waals surface area contributed by atoms with Crippen LogP contribution in [0.4, 0.5) is 0 Å². The van der Waals surface area contributed by atoms with Gasteiger partial charge in [-0.25, -0.2) is 0 Å². The highest BCUT2D eigenvalue weighted by Gasteiger charge is 1.98. The van der Waals surface area contributed by atoms with Gasteiger partial charge in [-0.05, 0) is 45.8 Å². The molecule has 7 N–H and O–H groups in total. The van der Waals surface area contributed by atoms with Gasteiger partial charge in [0, 0.05) is 12.1 Å². The van der Waals surface area contributed by atoms with Crippen molar-refractivity contribution in [1.29, 1.82) is 0 Å². The van der Waals surface area contributed by atoms with Crippen LogP contribution in [-0.2, 0) is 0 Å². The third-order valence-electron chi connectivity index (χ3n) is 2.89. The van der Waals surface area contributed by atoms with Crippen LogP contribution in [0.2, 0.25) is 0 Å². The molecule has 0 saturated carbocycles. The highest BCUT2D eigenvalue weighted by molar-refractivity contribution is 4.60. The molecular weight excluding hydrogens is 212 g/mol. The Morgan fingerprint density at radius 1 is 0.941 bits per heavy atom. The second-order valence-corrected chi connectivity index (χ2v) is 4.04. The molecule has 4 heteroatoms. The fourth-order valence-electron chi connectivity index (χ4n) is 1.62. The molecule has 17 heavy (non-hydrogen) atoms. The number of hydrogen-bond acceptors (Lipinski definition) is 4. The second-order valence-electron chi connectivity index (χ2n) is 4.04. The summed E-state index contributed by atoms with van der Waals surface area (Å²) < 4.78 is 0. The molecule has 0 amide bonds. The minimum Gasteiger partial charge on any atom is -0.344 e. The zero-order valence-electron chi connectivity index (χ0n) is 12.7. The summed E-state index contributed by atoms with van der Waals surface area (Å²) in [5.41, 5.74) is 5.34. The minimum absolute atomic E-state index is 0. The Bertz CT molecular complexity index is 98.0. The molecular formula is C13H36N4. The summed E-state index contributed by atoms with van der Waals surface area (Å²) in [6, 6.07) is 1.37. The third kappa shape index (κ3) is 15.8. The molecule has 0 aromatic heterocycles. The van der Waals surface area contributed by atoms with E-state index in [1.807, 2.05) is 7.05 Å². The van der Waals surface area contributed by atoms with Gasteiger partial charge in [-0.2, -0.15) is 0 Å². The Morgan fingerprint density at radius 3 is 1.53 bits per heavy atom. The number of nitrogens with one attached hydrogen (secondary N) is 2. The lowest BCUT2D eigenvalue weighted by atomic mass is 10.1. The topological polar surface area (TPSA) is 85.1 Å². The number of nitrogens with two attached hydrogens (primary N) is 1. The molecule has 108 valence electrons. The van der Waals surface area contributed by atoms with Crippen molar-refractivity contribution in [2.75, 3.05) is 20.1 Å². The molecule has 0 fully saturated rings. The second kappa shape index (κ2) is 18.2. The zero-order chi connectivity index (χ0) is 12.8. The third-order valence-corrected chi connectivity index (χ3v) is 2.89. The molecule has 0 rings (SSSR count). The molecule has 1 atom stereocenters. The van der Waals surface area contributed by atoms with E-state index in [9.17, 15) is 0 Å². The fourth-order valence-corrected chi connectivity index (χ4v) is 1.62. The zero-order valence-corrected chi connectivity index (χ0v) is 12.7. The Kier molecular flexibility index (Phi) is 23.6. The van der Waals surface area contributed by atoms with Gasteiger partial charge in [0.1, 0.15) is 0 Å². The van der Waals surface area contributed by atoms with Crippen LogP contribution in [0.25, 0.3) is 0 Å². The summed E-state index contributed by atoms with van der Waals surface area (Å²) in [7, 11) is 1.98. The number of hydrogen-bond donors (Lipinski definition) is 4. The maximum absolute atomic E-state index is 5.34. The average Bonchev–Trinajstić information content (AvgIpc) is 2.33. The highest BCUT2D eigenvalue weighted by Crippen LogP contribution is 1.93. The molecule has 0 bridgehead atoms. The van der Waals surface area contributed by atoms with Gasteiger partial charge in [-0.15, -0.1) is 0 Å². The van der Waals surface area contributed by atoms with E-state index < -0.39 is 0 Å². The van der Waals surface area contributed by atoms with Gasteiger partial charge in [0.05, 0.1) is 0 Å². The normalized spacial score (nSPS) is 11.5. The Hall–Kier alpha value is -0.160. The highest BCUT2D eigenvalue weighted by atomic mass is 14.9. The van der Waals surface area contributed by atoms with Crippen molar-refractivity contribution in [2.45, 2.75) is 65.5 Å². The average molecular weight is 248 g/mol. The van der Waals surface area contributed by atoms with Crippen LogP contribution in [0.1, 0.15) is 53.4 Å². The summed E-state index contributed by atoms with van der Waals surface area (Å²) in [5, 5.41) is 6.55. The molecule has 0 aliphatic carbocycles. The van der Waals surface area contributed by atoms with Crippen molar-refractivity contribution in [1.82, 2.24) is 16.8 Å². The van der Waals surface area contributed by atoms with Crippen LogP contribution in [0.3, 0.4) is 0 Å². The maximum atomic E-state index is 5.34. The first-order chi connectivity index (χ1) is 7.69. The van der Waals surface area contributed by atoms with Crippen LogP contribution < -0.4 is 22.5 Å². The van der Waals surface area contributed by atoms with E-state index in [1.54, 1.807) is 0 Å². The van der Waals surface area contributed by atoms with E-state index in [-0.39, 0.29) is 6.15 Å². The lowest BCUT2D eigenvalue weighted by Crippen LogP contribution is -2.26. The van der Waals surface area contributed by atoms with Crippen molar-refractivity contribution in [3.05, 3.63) is 0 Å². The van der Waals surface area contributed by atoms with Crippen LogP contribution in [0, 0.1) is 0 Å². The van der Waals surface area contributed by atoms with Crippen LogP contribution in [0.15, 0.2) is 0 Å². The lowest BCUT2D eigenvalue weighted by molar-refractivity contribution is 0.499. The van der Waals surface area contributed by atoms with Gasteiger partial charge in [0.2, 0.25) is 0 Å². The van der Waals surface area contributed by atoms with Crippen molar-refractivity contribution in [3.63, 3.8) is 0 Å². The molecule has 0 aromatic carbocycles. The quantitative estimate of drug-likeness (QED) is 0.531. The minimum atomic E-state index is 0. The van der Waals surface area contributed by atoms with Crippen LogP contribution in [0.5, 0.6) is 0 Å². The molecule has 0 aromatic rings. The molecule has 0 radical (unpaired) electrons. The van der Waals surface area contributed by atoms with Crippen LogP contribution in [-0.4, -0.2) is 32.2 Å². The first kappa shape index (κ1) is 22.1. The summed E-state index contributed by atoms with van der Waals surface area (Å²) in [6.45, 7) is 10.6. The van der Waals surface area contributed by atoms with Gasteiger partial charge in [0.25, 0.3) is 0 Å². The first-order valence-corrected chi connectivity index (χ1v) is 6.80. The summed E-state index contributed by atoms with van der Waals surface area (Å²) in [4.78, 5) is 0. The lowest BCUT2D eigenvalue weighted by Gasteiger charge is -2.11. The van der Waals surface area contributed by atoms with E-state index in [2.05, 4.69) is 38.3 Å². The summed E-state index contributed by atoms with van der Waals surface area (Å²) >= 11 is 0. The van der Waals surface area contributed by atoms with Gasteiger partial charge in [-0.3, -0.25) is 0 Å².